The first kappa shape index (κ1) is 29.6. The van der Waals surface area contributed by atoms with E-state index >= 15 is 0 Å². The quantitative estimate of drug-likeness (QED) is 0.386. The van der Waals surface area contributed by atoms with Gasteiger partial charge < -0.3 is 24.1 Å². The number of H-pyrrole nitrogens is 1. The number of Topliss-reactive ketones (excluding diaryl/α,β-unsaturated/α-hetero) is 4. The average Bonchev–Trinajstić information content (AvgIpc) is 3.48. The Bertz CT molecular complexity index is 1920. The maximum Gasteiger partial charge on any atom is 0.354 e. The van der Waals surface area contributed by atoms with Crippen molar-refractivity contribution in [1.82, 2.24) is 14.8 Å². The zero-order chi connectivity index (χ0) is 32.8. The van der Waals surface area contributed by atoms with Crippen molar-refractivity contribution >= 4 is 45.9 Å². The summed E-state index contributed by atoms with van der Waals surface area (Å²) in [6.07, 6.45) is -0.0799. The number of ether oxygens (including phenoxy) is 3. The summed E-state index contributed by atoms with van der Waals surface area (Å²) in [6, 6.07) is 5.34. The molecule has 5 aliphatic rings. The van der Waals surface area contributed by atoms with Gasteiger partial charge in [-0.05, 0) is 39.4 Å². The number of carbonyl (C=O) groups excluding carboxylic acids is 6. The van der Waals surface area contributed by atoms with Gasteiger partial charge in [0.25, 0.3) is 0 Å². The van der Waals surface area contributed by atoms with Gasteiger partial charge in [0, 0.05) is 50.8 Å². The topological polar surface area (TPSA) is 152 Å². The Morgan fingerprint density at radius 2 is 1.48 bits per heavy atom. The minimum absolute atomic E-state index is 0.0218. The van der Waals surface area contributed by atoms with Crippen LogP contribution in [0.4, 0.5) is 0 Å². The van der Waals surface area contributed by atoms with Gasteiger partial charge >= 0.3 is 5.97 Å². The van der Waals surface area contributed by atoms with Crippen molar-refractivity contribution in [3.05, 3.63) is 81.0 Å². The van der Waals surface area contributed by atoms with E-state index in [1.54, 1.807) is 18.0 Å². The molecule has 46 heavy (non-hydrogen) atoms. The molecule has 4 atom stereocenters. The van der Waals surface area contributed by atoms with Crippen LogP contribution in [-0.4, -0.2) is 102 Å². The molecule has 2 aromatic rings. The fourth-order valence-electron chi connectivity index (χ4n) is 7.80. The number of esters is 1. The maximum absolute atomic E-state index is 14.4. The molecule has 1 fully saturated rings. The zero-order valence-corrected chi connectivity index (χ0v) is 25.9. The number of amides is 1. The second-order valence-electron chi connectivity index (χ2n) is 12.1. The largest absolute Gasteiger partial charge is 0.492 e. The Morgan fingerprint density at radius 1 is 0.870 bits per heavy atom. The molecule has 0 spiro atoms. The van der Waals surface area contributed by atoms with Crippen molar-refractivity contribution in [1.29, 1.82) is 0 Å². The number of methoxy groups -OCH3 is 2. The molecule has 0 saturated carbocycles. The van der Waals surface area contributed by atoms with Crippen molar-refractivity contribution in [3.8, 4) is 0 Å². The number of para-hydroxylation sites is 1. The van der Waals surface area contributed by atoms with Gasteiger partial charge in [0.15, 0.2) is 23.1 Å². The van der Waals surface area contributed by atoms with Crippen LogP contribution in [0.3, 0.4) is 0 Å². The predicted octanol–water partition coefficient (Wildman–Crippen LogP) is 2.12. The fourth-order valence-corrected chi connectivity index (χ4v) is 7.80. The van der Waals surface area contributed by atoms with Crippen LogP contribution in [0.1, 0.15) is 37.2 Å². The van der Waals surface area contributed by atoms with Crippen molar-refractivity contribution in [2.75, 3.05) is 27.9 Å². The molecule has 12 nitrogen and oxygen atoms in total. The Balaban J connectivity index is 1.33. The predicted molar refractivity (Wildman–Crippen MR) is 161 cm³/mol. The molecule has 0 unspecified atom stereocenters. The van der Waals surface area contributed by atoms with Gasteiger partial charge in [0.05, 0.1) is 38.4 Å². The fraction of sp³-hybridized carbons (Fsp3) is 0.353. The third-order valence-electron chi connectivity index (χ3n) is 9.96. The number of aromatic nitrogens is 1. The standard InChI is InChI=1S/C34H31N3O9/c1-14-27(38)17-11-21-26-25-18(28(39)15(2)32(45-5)30(25)41)12-22(36(26)3)33(42)37(21)23(24(17)29(40)31(14)44-4)13-46-34(43)20-10-16-8-6-7-9-19(16)35-20/h6-10,21-23,26,35H,11-13H2,1-5H3/t21-,22-,23-,26-/m0/s1. The first-order valence-electron chi connectivity index (χ1n) is 14.9. The molecule has 1 saturated heterocycles. The van der Waals surface area contributed by atoms with Crippen molar-refractivity contribution < 1.29 is 43.0 Å². The highest BCUT2D eigenvalue weighted by Gasteiger charge is 2.59. The molecule has 4 heterocycles. The van der Waals surface area contributed by atoms with Crippen LogP contribution >= 0.6 is 0 Å². The number of rotatable bonds is 5. The second kappa shape index (κ2) is 10.5. The van der Waals surface area contributed by atoms with Crippen LogP contribution in [0.2, 0.25) is 0 Å². The Kier molecular flexibility index (Phi) is 6.74. The van der Waals surface area contributed by atoms with Gasteiger partial charge in [-0.1, -0.05) is 18.2 Å². The van der Waals surface area contributed by atoms with E-state index in [1.165, 1.54) is 33.0 Å². The molecule has 2 bridgehead atoms. The SMILES string of the molecule is COC1=C(C)C(=O)C2=C(C1=O)[C@@H]1[C@@H]3CC4=C(C(=O)C(OC)=C(C)C4=O)[C@H](COC(=O)c4cc5ccccc5[nH]4)N3C(=O)[C@H](C2)N1C. The first-order valence-corrected chi connectivity index (χ1v) is 14.9. The molecule has 236 valence electrons. The Labute approximate surface area is 263 Å². The molecule has 7 rings (SSSR count). The van der Waals surface area contributed by atoms with Gasteiger partial charge in [0.2, 0.25) is 17.5 Å². The van der Waals surface area contributed by atoms with E-state index in [0.29, 0.717) is 0 Å². The van der Waals surface area contributed by atoms with Crippen LogP contribution in [0.25, 0.3) is 10.9 Å². The lowest BCUT2D eigenvalue weighted by Crippen LogP contribution is -2.73. The van der Waals surface area contributed by atoms with E-state index in [0.717, 1.165) is 10.9 Å². The number of aromatic amines is 1. The van der Waals surface area contributed by atoms with Crippen LogP contribution in [0, 0.1) is 0 Å². The van der Waals surface area contributed by atoms with Gasteiger partial charge in [-0.25, -0.2) is 4.79 Å². The maximum atomic E-state index is 14.4. The number of ketones is 4. The van der Waals surface area contributed by atoms with Gasteiger partial charge in [-0.2, -0.15) is 0 Å². The molecule has 12 heteroatoms. The first-order chi connectivity index (χ1) is 22.0. The number of benzene rings is 1. The summed E-state index contributed by atoms with van der Waals surface area (Å²) in [5, 5.41) is 0.799. The molecule has 1 N–H and O–H groups in total. The summed E-state index contributed by atoms with van der Waals surface area (Å²) in [6.45, 7) is 2.58. The highest BCUT2D eigenvalue weighted by Crippen LogP contribution is 2.47. The van der Waals surface area contributed by atoms with E-state index < -0.39 is 60.0 Å². The van der Waals surface area contributed by atoms with Crippen LogP contribution < -0.4 is 0 Å². The van der Waals surface area contributed by atoms with E-state index in [-0.39, 0.29) is 69.3 Å². The van der Waals surface area contributed by atoms with E-state index in [2.05, 4.69) is 4.98 Å². The monoisotopic (exact) mass is 625 g/mol. The number of nitrogens with zero attached hydrogens (tertiary/aromatic N) is 2. The van der Waals surface area contributed by atoms with Crippen LogP contribution in [-0.2, 0) is 38.2 Å². The van der Waals surface area contributed by atoms with Crippen molar-refractivity contribution in [2.45, 2.75) is 50.9 Å². The van der Waals surface area contributed by atoms with E-state index in [9.17, 15) is 28.8 Å². The van der Waals surface area contributed by atoms with Gasteiger partial charge in [0.1, 0.15) is 12.3 Å². The summed E-state index contributed by atoms with van der Waals surface area (Å²) < 4.78 is 16.5. The third-order valence-corrected chi connectivity index (χ3v) is 9.96. The molecule has 1 aromatic heterocycles. The van der Waals surface area contributed by atoms with Crippen LogP contribution in [0.15, 0.2) is 75.3 Å². The number of allylic oxidation sites excluding steroid dienone is 4. The lowest BCUT2D eigenvalue weighted by Gasteiger charge is -2.57. The summed E-state index contributed by atoms with van der Waals surface area (Å²) in [5.74, 6) is -3.13. The lowest BCUT2D eigenvalue weighted by molar-refractivity contribution is -0.155. The van der Waals surface area contributed by atoms with Crippen LogP contribution in [0.5, 0.6) is 0 Å². The number of nitrogens with one attached hydrogen (secondary N) is 1. The Hall–Kier alpha value is -5.10. The summed E-state index contributed by atoms with van der Waals surface area (Å²) in [4.78, 5) is 89.0. The van der Waals surface area contributed by atoms with Gasteiger partial charge in [-0.15, -0.1) is 0 Å². The lowest BCUT2D eigenvalue weighted by atomic mass is 9.69. The number of carbonyl (C=O) groups is 6. The number of likely N-dealkylation sites (N-methyl/N-ethyl adjacent to an activating group) is 1. The molecular formula is C34H31N3O9. The molecular weight excluding hydrogens is 594 g/mol. The highest BCUT2D eigenvalue weighted by atomic mass is 16.5. The molecule has 3 aliphatic heterocycles. The Morgan fingerprint density at radius 3 is 2.11 bits per heavy atom. The highest BCUT2D eigenvalue weighted by molar-refractivity contribution is 6.27. The number of hydrogen-bond acceptors (Lipinski definition) is 10. The summed E-state index contributed by atoms with van der Waals surface area (Å²) >= 11 is 0. The molecule has 1 amide bonds. The average molecular weight is 626 g/mol. The van der Waals surface area contributed by atoms with Gasteiger partial charge in [-0.3, -0.25) is 28.9 Å². The molecule has 1 aromatic carbocycles. The number of hydrogen-bond donors (Lipinski definition) is 1. The molecule has 2 aliphatic carbocycles. The minimum atomic E-state index is -1.15. The summed E-state index contributed by atoms with van der Waals surface area (Å²) in [7, 11) is 4.33. The zero-order valence-electron chi connectivity index (χ0n) is 25.9. The van der Waals surface area contributed by atoms with Crippen molar-refractivity contribution in [2.24, 2.45) is 0 Å². The van der Waals surface area contributed by atoms with E-state index in [1.807, 2.05) is 24.3 Å². The third kappa shape index (κ3) is 3.95. The molecule has 0 radical (unpaired) electrons. The number of fused-ring (bicyclic) bond motifs is 6. The number of piperazine rings is 1. The normalized spacial score (nSPS) is 26.5. The van der Waals surface area contributed by atoms with E-state index in [4.69, 9.17) is 14.2 Å². The second-order valence-corrected chi connectivity index (χ2v) is 12.1. The smallest absolute Gasteiger partial charge is 0.354 e. The minimum Gasteiger partial charge on any atom is -0.492 e. The summed E-state index contributed by atoms with van der Waals surface area (Å²) in [5.41, 5.74) is 1.87. The van der Waals surface area contributed by atoms with Crippen molar-refractivity contribution in [3.63, 3.8) is 0 Å².